The fourth-order valence-electron chi connectivity index (χ4n) is 5.17. The van der Waals surface area contributed by atoms with Gasteiger partial charge in [0.25, 0.3) is 11.5 Å². The molecule has 6 rings (SSSR count). The Morgan fingerprint density at radius 3 is 1.84 bits per heavy atom. The summed E-state index contributed by atoms with van der Waals surface area (Å²) in [6, 6.07) is 30.2. The van der Waals surface area contributed by atoms with Gasteiger partial charge in [-0.15, -0.1) is 0 Å². The molecular weight excluding hydrogens is 476 g/mol. The first-order chi connectivity index (χ1) is 18.5. The molecule has 0 spiro atoms. The quantitative estimate of drug-likeness (QED) is 0.274. The van der Waals surface area contributed by atoms with Crippen molar-refractivity contribution >= 4 is 44.5 Å². The Hall–Kier alpha value is -4.97. The van der Waals surface area contributed by atoms with Gasteiger partial charge in [0.15, 0.2) is 6.61 Å². The van der Waals surface area contributed by atoms with Gasteiger partial charge in [0.05, 0.1) is 11.0 Å². The van der Waals surface area contributed by atoms with Gasteiger partial charge in [-0.1, -0.05) is 84.4 Å². The van der Waals surface area contributed by atoms with Crippen LogP contribution >= 0.6 is 0 Å². The van der Waals surface area contributed by atoms with Crippen LogP contribution in [-0.2, 0) is 11.8 Å². The van der Waals surface area contributed by atoms with Gasteiger partial charge >= 0.3 is 5.97 Å². The Morgan fingerprint density at radius 1 is 0.711 bits per heavy atom. The SMILES string of the molecule is Cc1ccc(-c2c(C(=O)OCC(=O)n3c4ccccc4c4ccccc43)n(C)c(=O)c3ccccc23)cc1. The van der Waals surface area contributed by atoms with Crippen LogP contribution in [-0.4, -0.2) is 27.6 Å². The molecule has 38 heavy (non-hydrogen) atoms. The van der Waals surface area contributed by atoms with E-state index in [4.69, 9.17) is 4.74 Å². The van der Waals surface area contributed by atoms with Crippen LogP contribution < -0.4 is 5.56 Å². The fraction of sp³-hybridized carbons (Fsp3) is 0.0938. The average Bonchev–Trinajstić information content (AvgIpc) is 3.28. The van der Waals surface area contributed by atoms with Crippen LogP contribution in [0.4, 0.5) is 0 Å². The number of carbonyl (C=O) groups is 2. The fourth-order valence-corrected chi connectivity index (χ4v) is 5.17. The van der Waals surface area contributed by atoms with Gasteiger partial charge in [0, 0.05) is 28.8 Å². The summed E-state index contributed by atoms with van der Waals surface area (Å²) in [7, 11) is 1.55. The van der Waals surface area contributed by atoms with Gasteiger partial charge < -0.3 is 9.30 Å². The number of benzene rings is 4. The molecule has 6 heteroatoms. The van der Waals surface area contributed by atoms with E-state index in [1.54, 1.807) is 23.7 Å². The molecule has 0 radical (unpaired) electrons. The van der Waals surface area contributed by atoms with E-state index in [0.717, 1.165) is 32.9 Å². The number of esters is 1. The zero-order chi connectivity index (χ0) is 26.4. The third-order valence-corrected chi connectivity index (χ3v) is 6.99. The molecule has 0 atom stereocenters. The molecule has 0 saturated heterocycles. The van der Waals surface area contributed by atoms with Crippen LogP contribution in [0.25, 0.3) is 43.7 Å². The molecule has 186 valence electrons. The average molecular weight is 501 g/mol. The number of para-hydroxylation sites is 2. The number of ether oxygens (including phenoxy) is 1. The maximum absolute atomic E-state index is 13.6. The van der Waals surface area contributed by atoms with E-state index >= 15 is 0 Å². The van der Waals surface area contributed by atoms with E-state index in [-0.39, 0.29) is 17.2 Å². The third-order valence-electron chi connectivity index (χ3n) is 6.99. The molecule has 0 unspecified atom stereocenters. The largest absolute Gasteiger partial charge is 0.451 e. The van der Waals surface area contributed by atoms with Crippen molar-refractivity contribution in [2.45, 2.75) is 6.92 Å². The monoisotopic (exact) mass is 500 g/mol. The number of nitrogens with zero attached hydrogens (tertiary/aromatic N) is 2. The number of aryl methyl sites for hydroxylation is 1. The van der Waals surface area contributed by atoms with E-state index in [1.165, 1.54) is 4.57 Å². The standard InChI is InChI=1S/C32H24N2O4/c1-20-15-17-21(18-16-20)29-24-11-3-4-12-25(24)31(36)33(2)30(29)32(37)38-19-28(35)34-26-13-7-5-9-22(26)23-10-6-8-14-27(23)34/h3-18H,19H2,1-2H3. The molecule has 6 nitrogen and oxygen atoms in total. The Labute approximate surface area is 218 Å². The molecule has 2 aromatic heterocycles. The lowest BCUT2D eigenvalue weighted by Gasteiger charge is -2.17. The van der Waals surface area contributed by atoms with Crippen molar-refractivity contribution in [3.05, 3.63) is 119 Å². The van der Waals surface area contributed by atoms with Crippen molar-refractivity contribution in [2.75, 3.05) is 6.61 Å². The van der Waals surface area contributed by atoms with E-state index in [2.05, 4.69) is 0 Å². The topological polar surface area (TPSA) is 70.3 Å². The zero-order valence-electron chi connectivity index (χ0n) is 21.0. The molecule has 4 aromatic carbocycles. The maximum atomic E-state index is 13.6. The predicted octanol–water partition coefficient (Wildman–Crippen LogP) is 6.12. The highest BCUT2D eigenvalue weighted by Crippen LogP contribution is 2.32. The van der Waals surface area contributed by atoms with E-state index in [0.29, 0.717) is 16.3 Å². The van der Waals surface area contributed by atoms with Crippen LogP contribution in [0.1, 0.15) is 20.8 Å². The summed E-state index contributed by atoms with van der Waals surface area (Å²) in [4.78, 5) is 40.2. The van der Waals surface area contributed by atoms with Crippen LogP contribution in [0.2, 0.25) is 0 Å². The van der Waals surface area contributed by atoms with Gasteiger partial charge in [0.2, 0.25) is 0 Å². The summed E-state index contributed by atoms with van der Waals surface area (Å²) in [5.74, 6) is -1.11. The van der Waals surface area contributed by atoms with E-state index in [1.807, 2.05) is 91.9 Å². The molecule has 2 heterocycles. The molecule has 0 bridgehead atoms. The second kappa shape index (κ2) is 9.16. The van der Waals surface area contributed by atoms with Crippen molar-refractivity contribution in [2.24, 2.45) is 7.05 Å². The molecule has 0 fully saturated rings. The number of carbonyl (C=O) groups excluding carboxylic acids is 2. The molecule has 0 amide bonds. The lowest BCUT2D eigenvalue weighted by atomic mass is 9.96. The highest BCUT2D eigenvalue weighted by molar-refractivity contribution is 6.14. The maximum Gasteiger partial charge on any atom is 0.356 e. The van der Waals surface area contributed by atoms with Crippen molar-refractivity contribution in [3.63, 3.8) is 0 Å². The van der Waals surface area contributed by atoms with Crippen molar-refractivity contribution in [1.29, 1.82) is 0 Å². The number of fused-ring (bicyclic) bond motifs is 4. The smallest absolute Gasteiger partial charge is 0.356 e. The van der Waals surface area contributed by atoms with Crippen molar-refractivity contribution < 1.29 is 14.3 Å². The van der Waals surface area contributed by atoms with Gasteiger partial charge in [0.1, 0.15) is 5.69 Å². The number of hydrogen-bond donors (Lipinski definition) is 0. The molecule has 0 aliphatic heterocycles. The molecule has 6 aromatic rings. The third kappa shape index (κ3) is 3.69. The first-order valence-electron chi connectivity index (χ1n) is 12.3. The van der Waals surface area contributed by atoms with Crippen molar-refractivity contribution in [3.8, 4) is 11.1 Å². The minimum atomic E-state index is -0.736. The second-order valence-electron chi connectivity index (χ2n) is 9.34. The van der Waals surface area contributed by atoms with Crippen molar-refractivity contribution in [1.82, 2.24) is 9.13 Å². The number of rotatable bonds is 4. The highest BCUT2D eigenvalue weighted by Gasteiger charge is 2.24. The number of aromatic nitrogens is 2. The Bertz CT molecular complexity index is 1890. The Kier molecular flexibility index (Phi) is 5.65. The minimum Gasteiger partial charge on any atom is -0.451 e. The summed E-state index contributed by atoms with van der Waals surface area (Å²) in [6.07, 6.45) is 0. The Morgan fingerprint density at radius 2 is 1.24 bits per heavy atom. The minimum absolute atomic E-state index is 0.104. The van der Waals surface area contributed by atoms with Crippen LogP contribution in [0, 0.1) is 6.92 Å². The normalized spacial score (nSPS) is 11.3. The lowest BCUT2D eigenvalue weighted by Crippen LogP contribution is -2.27. The molecule has 0 aliphatic rings. The van der Waals surface area contributed by atoms with Gasteiger partial charge in [-0.25, -0.2) is 4.79 Å². The summed E-state index contributed by atoms with van der Waals surface area (Å²) < 4.78 is 8.51. The first-order valence-corrected chi connectivity index (χ1v) is 12.3. The van der Waals surface area contributed by atoms with E-state index in [9.17, 15) is 14.4 Å². The Balaban J connectivity index is 1.43. The summed E-state index contributed by atoms with van der Waals surface area (Å²) in [5, 5.41) is 3.05. The summed E-state index contributed by atoms with van der Waals surface area (Å²) in [5.41, 5.74) is 3.73. The van der Waals surface area contributed by atoms with Crippen LogP contribution in [0.15, 0.2) is 102 Å². The molecule has 0 N–H and O–H groups in total. The lowest BCUT2D eigenvalue weighted by molar-refractivity contribution is 0.0443. The predicted molar refractivity (Wildman–Crippen MR) is 150 cm³/mol. The van der Waals surface area contributed by atoms with Crippen LogP contribution in [0.5, 0.6) is 0 Å². The highest BCUT2D eigenvalue weighted by atomic mass is 16.5. The van der Waals surface area contributed by atoms with Gasteiger partial charge in [-0.05, 0) is 36.1 Å². The second-order valence-corrected chi connectivity index (χ2v) is 9.34. The van der Waals surface area contributed by atoms with E-state index < -0.39 is 12.6 Å². The first kappa shape index (κ1) is 23.4. The molecule has 0 aliphatic carbocycles. The number of hydrogen-bond acceptors (Lipinski definition) is 4. The summed E-state index contributed by atoms with van der Waals surface area (Å²) in [6.45, 7) is 1.51. The van der Waals surface area contributed by atoms with Crippen LogP contribution in [0.3, 0.4) is 0 Å². The van der Waals surface area contributed by atoms with Gasteiger partial charge in [-0.2, -0.15) is 0 Å². The molecule has 0 saturated carbocycles. The molecular formula is C32H24N2O4. The zero-order valence-corrected chi connectivity index (χ0v) is 21.0. The number of pyridine rings is 1. The summed E-state index contributed by atoms with van der Waals surface area (Å²) >= 11 is 0. The van der Waals surface area contributed by atoms with Gasteiger partial charge in [-0.3, -0.25) is 14.2 Å².